The van der Waals surface area contributed by atoms with E-state index >= 15 is 0 Å². The Labute approximate surface area is 178 Å². The van der Waals surface area contributed by atoms with Gasteiger partial charge in [0.15, 0.2) is 0 Å². The highest BCUT2D eigenvalue weighted by Gasteiger charge is 2.26. The molecule has 0 aromatic heterocycles. The monoisotopic (exact) mass is 416 g/mol. The highest BCUT2D eigenvalue weighted by atomic mass is 35.5. The van der Waals surface area contributed by atoms with Crippen molar-refractivity contribution < 1.29 is 14.3 Å². The predicted molar refractivity (Wildman–Crippen MR) is 116 cm³/mol. The van der Waals surface area contributed by atoms with E-state index in [0.717, 1.165) is 29.7 Å². The van der Waals surface area contributed by atoms with Crippen molar-refractivity contribution in [1.82, 2.24) is 10.2 Å². The Morgan fingerprint density at radius 1 is 1.07 bits per heavy atom. The number of rotatable bonds is 10. The van der Waals surface area contributed by atoms with Crippen LogP contribution < -0.4 is 10.1 Å². The summed E-state index contributed by atoms with van der Waals surface area (Å²) in [4.78, 5) is 27.3. The Kier molecular flexibility index (Phi) is 9.00. The molecule has 0 fully saturated rings. The molecule has 0 bridgehead atoms. The van der Waals surface area contributed by atoms with Gasteiger partial charge in [0.05, 0.1) is 13.5 Å². The summed E-state index contributed by atoms with van der Waals surface area (Å²) in [6.07, 6.45) is 2.12. The van der Waals surface area contributed by atoms with Crippen molar-refractivity contribution in [2.75, 3.05) is 13.7 Å². The third-order valence-corrected chi connectivity index (χ3v) is 5.03. The van der Waals surface area contributed by atoms with E-state index in [9.17, 15) is 9.59 Å². The Morgan fingerprint density at radius 2 is 1.69 bits per heavy atom. The number of nitrogens with one attached hydrogen (secondary N) is 1. The molecule has 0 aliphatic rings. The van der Waals surface area contributed by atoms with Crippen molar-refractivity contribution >= 4 is 23.4 Å². The molecule has 29 heavy (non-hydrogen) atoms. The van der Waals surface area contributed by atoms with Crippen LogP contribution >= 0.6 is 11.6 Å². The minimum absolute atomic E-state index is 0.110. The van der Waals surface area contributed by atoms with Crippen LogP contribution in [0.5, 0.6) is 5.75 Å². The molecule has 2 rings (SSSR count). The summed E-state index contributed by atoms with van der Waals surface area (Å²) in [7, 11) is 1.61. The van der Waals surface area contributed by atoms with Gasteiger partial charge in [-0.25, -0.2) is 0 Å². The molecule has 2 aromatic carbocycles. The lowest BCUT2D eigenvalue weighted by molar-refractivity contribution is -0.140. The molecule has 5 nitrogen and oxygen atoms in total. The van der Waals surface area contributed by atoms with Crippen molar-refractivity contribution in [3.05, 3.63) is 64.7 Å². The summed E-state index contributed by atoms with van der Waals surface area (Å²) in [5.74, 6) is 0.496. The zero-order valence-corrected chi connectivity index (χ0v) is 18.0. The first-order valence-electron chi connectivity index (χ1n) is 9.89. The van der Waals surface area contributed by atoms with Gasteiger partial charge >= 0.3 is 0 Å². The molecule has 0 radical (unpaired) electrons. The van der Waals surface area contributed by atoms with Crippen molar-refractivity contribution in [2.45, 2.75) is 45.7 Å². The van der Waals surface area contributed by atoms with E-state index in [-0.39, 0.29) is 18.2 Å². The van der Waals surface area contributed by atoms with E-state index in [1.807, 2.05) is 36.4 Å². The average molecular weight is 417 g/mol. The van der Waals surface area contributed by atoms with E-state index in [1.54, 1.807) is 31.1 Å². The maximum absolute atomic E-state index is 13.1. The second-order valence-electron chi connectivity index (χ2n) is 6.99. The molecular weight excluding hydrogens is 388 g/mol. The third kappa shape index (κ3) is 7.09. The fourth-order valence-electron chi connectivity index (χ4n) is 2.92. The average Bonchev–Trinajstić information content (AvgIpc) is 2.73. The van der Waals surface area contributed by atoms with E-state index in [2.05, 4.69) is 12.2 Å². The highest BCUT2D eigenvalue weighted by Crippen LogP contribution is 2.17. The number of carbonyl (C=O) groups excluding carboxylic acids is 2. The molecule has 0 saturated heterocycles. The van der Waals surface area contributed by atoms with Crippen LogP contribution in [-0.4, -0.2) is 36.4 Å². The van der Waals surface area contributed by atoms with Crippen molar-refractivity contribution in [1.29, 1.82) is 0 Å². The number of carbonyl (C=O) groups is 2. The number of halogens is 1. The number of hydrogen-bond acceptors (Lipinski definition) is 3. The fraction of sp³-hybridized carbons (Fsp3) is 0.391. The zero-order valence-electron chi connectivity index (χ0n) is 17.3. The number of ether oxygens (including phenoxy) is 1. The molecule has 0 aliphatic carbocycles. The lowest BCUT2D eigenvalue weighted by Gasteiger charge is -2.29. The van der Waals surface area contributed by atoms with E-state index in [1.165, 1.54) is 0 Å². The Balaban J connectivity index is 2.16. The molecule has 2 amide bonds. The molecule has 2 aromatic rings. The second kappa shape index (κ2) is 11.5. The van der Waals surface area contributed by atoms with Crippen LogP contribution in [0.4, 0.5) is 0 Å². The lowest BCUT2D eigenvalue weighted by atomic mass is 10.1. The second-order valence-corrected chi connectivity index (χ2v) is 7.43. The number of hydrogen-bond donors (Lipinski definition) is 1. The summed E-state index contributed by atoms with van der Waals surface area (Å²) in [6, 6.07) is 14.1. The van der Waals surface area contributed by atoms with Crippen LogP contribution in [0, 0.1) is 0 Å². The molecule has 0 spiro atoms. The van der Waals surface area contributed by atoms with E-state index < -0.39 is 6.04 Å². The number of nitrogens with zero attached hydrogens (tertiary/aromatic N) is 1. The van der Waals surface area contributed by atoms with Crippen molar-refractivity contribution in [2.24, 2.45) is 0 Å². The van der Waals surface area contributed by atoms with E-state index in [0.29, 0.717) is 18.1 Å². The van der Waals surface area contributed by atoms with Gasteiger partial charge in [-0.2, -0.15) is 0 Å². The van der Waals surface area contributed by atoms with Crippen LogP contribution in [0.3, 0.4) is 0 Å². The molecular formula is C23H29ClN2O3. The van der Waals surface area contributed by atoms with Gasteiger partial charge in [-0.3, -0.25) is 9.59 Å². The first kappa shape index (κ1) is 22.8. The maximum Gasteiger partial charge on any atom is 0.242 e. The predicted octanol–water partition coefficient (Wildman–Crippen LogP) is 4.22. The topological polar surface area (TPSA) is 58.6 Å². The SMILES string of the molecule is CCCCNC(=O)[C@@H](C)N(Cc1ccc(OC)cc1)C(=O)Cc1ccc(Cl)cc1. The summed E-state index contributed by atoms with van der Waals surface area (Å²) >= 11 is 5.94. The molecule has 156 valence electrons. The number of methoxy groups -OCH3 is 1. The normalized spacial score (nSPS) is 11.6. The third-order valence-electron chi connectivity index (χ3n) is 4.78. The molecule has 0 aliphatic heterocycles. The summed E-state index contributed by atoms with van der Waals surface area (Å²) < 4.78 is 5.20. The Morgan fingerprint density at radius 3 is 2.28 bits per heavy atom. The largest absolute Gasteiger partial charge is 0.497 e. The van der Waals surface area contributed by atoms with Gasteiger partial charge in [-0.1, -0.05) is 49.2 Å². The van der Waals surface area contributed by atoms with Gasteiger partial charge in [-0.05, 0) is 48.7 Å². The van der Waals surface area contributed by atoms with Gasteiger partial charge in [0.25, 0.3) is 0 Å². The van der Waals surface area contributed by atoms with Gasteiger partial charge < -0.3 is 15.0 Å². The van der Waals surface area contributed by atoms with Crippen LogP contribution in [0.25, 0.3) is 0 Å². The smallest absolute Gasteiger partial charge is 0.242 e. The van der Waals surface area contributed by atoms with Crippen LogP contribution in [-0.2, 0) is 22.6 Å². The minimum Gasteiger partial charge on any atom is -0.497 e. The van der Waals surface area contributed by atoms with Crippen molar-refractivity contribution in [3.8, 4) is 5.75 Å². The van der Waals surface area contributed by atoms with Crippen LogP contribution in [0.2, 0.25) is 5.02 Å². The summed E-state index contributed by atoms with van der Waals surface area (Å²) in [5, 5.41) is 3.55. The van der Waals surface area contributed by atoms with Gasteiger partial charge in [0.1, 0.15) is 11.8 Å². The number of unbranched alkanes of at least 4 members (excludes halogenated alkanes) is 1. The highest BCUT2D eigenvalue weighted by molar-refractivity contribution is 6.30. The zero-order chi connectivity index (χ0) is 21.2. The minimum atomic E-state index is -0.575. The molecule has 1 atom stereocenters. The lowest BCUT2D eigenvalue weighted by Crippen LogP contribution is -2.48. The molecule has 1 N–H and O–H groups in total. The van der Waals surface area contributed by atoms with Gasteiger partial charge in [0.2, 0.25) is 11.8 Å². The summed E-state index contributed by atoms with van der Waals surface area (Å²) in [5.41, 5.74) is 1.79. The van der Waals surface area contributed by atoms with Crippen molar-refractivity contribution in [3.63, 3.8) is 0 Å². The van der Waals surface area contributed by atoms with Gasteiger partial charge in [0, 0.05) is 18.1 Å². The molecule has 6 heteroatoms. The standard InChI is InChI=1S/C23H29ClN2O3/c1-4-5-14-25-23(28)17(2)26(16-19-8-12-21(29-3)13-9-19)22(27)15-18-6-10-20(24)11-7-18/h6-13,17H,4-5,14-16H2,1-3H3,(H,25,28)/t17-/m1/s1. The van der Waals surface area contributed by atoms with Crippen LogP contribution in [0.15, 0.2) is 48.5 Å². The first-order chi connectivity index (χ1) is 13.9. The fourth-order valence-corrected chi connectivity index (χ4v) is 3.05. The first-order valence-corrected chi connectivity index (χ1v) is 10.3. The van der Waals surface area contributed by atoms with Crippen LogP contribution in [0.1, 0.15) is 37.8 Å². The van der Waals surface area contributed by atoms with Gasteiger partial charge in [-0.15, -0.1) is 0 Å². The number of benzene rings is 2. The maximum atomic E-state index is 13.1. The summed E-state index contributed by atoms with van der Waals surface area (Å²) in [6.45, 7) is 4.80. The Bertz CT molecular complexity index is 791. The molecule has 0 heterocycles. The molecule has 0 unspecified atom stereocenters. The Hall–Kier alpha value is -2.53. The molecule has 0 saturated carbocycles. The number of amides is 2. The van der Waals surface area contributed by atoms with E-state index in [4.69, 9.17) is 16.3 Å². The quantitative estimate of drug-likeness (QED) is 0.590.